The molecule has 0 aromatic heterocycles. The maximum absolute atomic E-state index is 12.3. The molecule has 0 aliphatic rings. The highest BCUT2D eigenvalue weighted by Crippen LogP contribution is 2.17. The lowest BCUT2D eigenvalue weighted by Gasteiger charge is -2.10. The fourth-order valence-electron chi connectivity index (χ4n) is 2.10. The summed E-state index contributed by atoms with van der Waals surface area (Å²) in [5.41, 5.74) is 1.38. The highest BCUT2D eigenvalue weighted by molar-refractivity contribution is 7.92. The van der Waals surface area contributed by atoms with E-state index < -0.39 is 16.1 Å². The number of sulfonamides is 1. The summed E-state index contributed by atoms with van der Waals surface area (Å²) in [6.07, 6.45) is 0.109. The van der Waals surface area contributed by atoms with Gasteiger partial charge in [-0.1, -0.05) is 30.3 Å². The second kappa shape index (κ2) is 8.35. The molecule has 2 aromatic rings. The first-order valence-electron chi connectivity index (χ1n) is 7.58. The quantitative estimate of drug-likeness (QED) is 0.806. The lowest BCUT2D eigenvalue weighted by Crippen LogP contribution is -2.26. The maximum atomic E-state index is 12.3. The van der Waals surface area contributed by atoms with Crippen molar-refractivity contribution in [3.8, 4) is 0 Å². The van der Waals surface area contributed by atoms with Gasteiger partial charge < -0.3 is 10.1 Å². The van der Waals surface area contributed by atoms with Gasteiger partial charge in [-0.15, -0.1) is 0 Å². The van der Waals surface area contributed by atoms with Gasteiger partial charge in [-0.3, -0.25) is 4.72 Å². The number of rotatable bonds is 7. The summed E-state index contributed by atoms with van der Waals surface area (Å²) < 4.78 is 31.9. The van der Waals surface area contributed by atoms with Gasteiger partial charge in [-0.2, -0.15) is 0 Å². The van der Waals surface area contributed by atoms with E-state index in [0.717, 1.165) is 5.56 Å². The fraction of sp³-hybridized carbons (Fsp3) is 0.235. The van der Waals surface area contributed by atoms with Crippen LogP contribution in [0.4, 0.5) is 10.5 Å². The summed E-state index contributed by atoms with van der Waals surface area (Å²) in [4.78, 5) is 11.4. The molecule has 7 heteroatoms. The first-order valence-corrected chi connectivity index (χ1v) is 9.07. The van der Waals surface area contributed by atoms with E-state index in [9.17, 15) is 13.2 Å². The zero-order chi connectivity index (χ0) is 17.4. The van der Waals surface area contributed by atoms with Crippen LogP contribution in [0, 0.1) is 0 Å². The third-order valence-corrected chi connectivity index (χ3v) is 4.59. The largest absolute Gasteiger partial charge is 0.450 e. The predicted molar refractivity (Wildman–Crippen MR) is 92.4 cm³/mol. The van der Waals surface area contributed by atoms with E-state index in [-0.39, 0.29) is 4.90 Å². The van der Waals surface area contributed by atoms with Crippen LogP contribution in [-0.2, 0) is 21.2 Å². The van der Waals surface area contributed by atoms with Crippen LogP contribution in [0.2, 0.25) is 0 Å². The maximum Gasteiger partial charge on any atom is 0.407 e. The van der Waals surface area contributed by atoms with Gasteiger partial charge >= 0.3 is 6.09 Å². The highest BCUT2D eigenvalue weighted by atomic mass is 32.2. The van der Waals surface area contributed by atoms with Gasteiger partial charge in [0.15, 0.2) is 0 Å². The smallest absolute Gasteiger partial charge is 0.407 e. The van der Waals surface area contributed by atoms with Gasteiger partial charge in [0.05, 0.1) is 11.5 Å². The number of nitrogens with one attached hydrogen (secondary N) is 2. The van der Waals surface area contributed by atoms with Crippen molar-refractivity contribution in [2.45, 2.75) is 18.2 Å². The van der Waals surface area contributed by atoms with Crippen molar-refractivity contribution < 1.29 is 17.9 Å². The SMILES string of the molecule is CCOC(=O)NCCc1cccc(NS(=O)(=O)c2ccccc2)c1. The van der Waals surface area contributed by atoms with Crippen molar-refractivity contribution in [2.24, 2.45) is 0 Å². The number of hydrogen-bond acceptors (Lipinski definition) is 4. The number of ether oxygens (including phenoxy) is 1. The number of anilines is 1. The normalized spacial score (nSPS) is 10.9. The van der Waals surface area contributed by atoms with Gasteiger partial charge in [-0.25, -0.2) is 13.2 Å². The average molecular weight is 348 g/mol. The van der Waals surface area contributed by atoms with Crippen LogP contribution in [0.3, 0.4) is 0 Å². The second-order valence-corrected chi connectivity index (χ2v) is 6.70. The Kier molecular flexibility index (Phi) is 6.20. The van der Waals surface area contributed by atoms with E-state index >= 15 is 0 Å². The molecule has 0 aliphatic heterocycles. The number of carbonyl (C=O) groups is 1. The number of carbonyl (C=O) groups excluding carboxylic acids is 1. The van der Waals surface area contributed by atoms with Gasteiger partial charge in [0.25, 0.3) is 10.0 Å². The lowest BCUT2D eigenvalue weighted by molar-refractivity contribution is 0.152. The van der Waals surface area contributed by atoms with Crippen molar-refractivity contribution in [1.82, 2.24) is 5.32 Å². The van der Waals surface area contributed by atoms with E-state index in [4.69, 9.17) is 4.74 Å². The molecule has 0 aliphatic carbocycles. The predicted octanol–water partition coefficient (Wildman–Crippen LogP) is 2.78. The van der Waals surface area contributed by atoms with Crippen LogP contribution in [0.25, 0.3) is 0 Å². The van der Waals surface area contributed by atoms with Crippen LogP contribution in [0.1, 0.15) is 12.5 Å². The van der Waals surface area contributed by atoms with Crippen molar-refractivity contribution in [1.29, 1.82) is 0 Å². The van der Waals surface area contributed by atoms with Crippen LogP contribution in [0.5, 0.6) is 0 Å². The Labute approximate surface area is 141 Å². The number of alkyl carbamates (subject to hydrolysis) is 1. The summed E-state index contributed by atoms with van der Waals surface area (Å²) in [5, 5.41) is 2.63. The summed E-state index contributed by atoms with van der Waals surface area (Å²) in [6.45, 7) is 2.47. The Morgan fingerprint density at radius 1 is 1.08 bits per heavy atom. The molecule has 0 unspecified atom stereocenters. The Hall–Kier alpha value is -2.54. The van der Waals surface area contributed by atoms with Crippen LogP contribution in [-0.4, -0.2) is 27.7 Å². The highest BCUT2D eigenvalue weighted by Gasteiger charge is 2.13. The number of amides is 1. The molecular weight excluding hydrogens is 328 g/mol. The van der Waals surface area contributed by atoms with Gasteiger partial charge in [0, 0.05) is 12.2 Å². The summed E-state index contributed by atoms with van der Waals surface area (Å²) in [6, 6.07) is 15.2. The van der Waals surface area contributed by atoms with Crippen molar-refractivity contribution in [3.05, 3.63) is 60.2 Å². The molecule has 0 spiro atoms. The lowest BCUT2D eigenvalue weighted by atomic mass is 10.1. The number of benzene rings is 2. The fourth-order valence-corrected chi connectivity index (χ4v) is 3.17. The minimum Gasteiger partial charge on any atom is -0.450 e. The summed E-state index contributed by atoms with van der Waals surface area (Å²) in [7, 11) is -3.61. The molecule has 0 heterocycles. The zero-order valence-electron chi connectivity index (χ0n) is 13.4. The first kappa shape index (κ1) is 17.8. The zero-order valence-corrected chi connectivity index (χ0v) is 14.2. The third kappa shape index (κ3) is 5.27. The molecule has 2 N–H and O–H groups in total. The van der Waals surface area contributed by atoms with E-state index in [2.05, 4.69) is 10.0 Å². The molecular formula is C17H20N2O4S. The molecule has 0 atom stereocenters. The topological polar surface area (TPSA) is 84.5 Å². The molecule has 0 fully saturated rings. The molecule has 0 radical (unpaired) electrons. The Morgan fingerprint density at radius 2 is 1.83 bits per heavy atom. The van der Waals surface area contributed by atoms with E-state index in [1.807, 2.05) is 6.07 Å². The standard InChI is InChI=1S/C17H20N2O4S/c1-2-23-17(20)18-12-11-14-7-6-8-15(13-14)19-24(21,22)16-9-4-3-5-10-16/h3-10,13,19H,2,11-12H2,1H3,(H,18,20). The molecule has 24 heavy (non-hydrogen) atoms. The van der Waals surface area contributed by atoms with Gasteiger partial charge in [0.1, 0.15) is 0 Å². The Balaban J connectivity index is 1.99. The number of hydrogen-bond donors (Lipinski definition) is 2. The Bertz CT molecular complexity index is 776. The molecule has 128 valence electrons. The first-order chi connectivity index (χ1) is 11.5. The van der Waals surface area contributed by atoms with Crippen LogP contribution >= 0.6 is 0 Å². The molecule has 6 nitrogen and oxygen atoms in total. The van der Waals surface area contributed by atoms with Gasteiger partial charge in [0.2, 0.25) is 0 Å². The van der Waals surface area contributed by atoms with Gasteiger partial charge in [-0.05, 0) is 43.2 Å². The summed E-state index contributed by atoms with van der Waals surface area (Å²) >= 11 is 0. The van der Waals surface area contributed by atoms with Crippen LogP contribution in [0.15, 0.2) is 59.5 Å². The molecule has 0 bridgehead atoms. The van der Waals surface area contributed by atoms with Crippen LogP contribution < -0.4 is 10.0 Å². The average Bonchev–Trinajstić information content (AvgIpc) is 2.56. The summed E-state index contributed by atoms with van der Waals surface area (Å²) in [5.74, 6) is 0. The third-order valence-electron chi connectivity index (χ3n) is 3.19. The van der Waals surface area contributed by atoms with Crippen molar-refractivity contribution in [3.63, 3.8) is 0 Å². The molecule has 0 saturated carbocycles. The van der Waals surface area contributed by atoms with Crippen molar-refractivity contribution >= 4 is 21.8 Å². The van der Waals surface area contributed by atoms with E-state index in [1.165, 1.54) is 12.1 Å². The minimum absolute atomic E-state index is 0.208. The molecule has 1 amide bonds. The van der Waals surface area contributed by atoms with Crippen molar-refractivity contribution in [2.75, 3.05) is 17.9 Å². The molecule has 0 saturated heterocycles. The Morgan fingerprint density at radius 3 is 2.54 bits per heavy atom. The second-order valence-electron chi connectivity index (χ2n) is 5.02. The molecule has 2 aromatic carbocycles. The minimum atomic E-state index is -3.61. The molecule has 2 rings (SSSR count). The van der Waals surface area contributed by atoms with E-state index in [1.54, 1.807) is 43.3 Å². The van der Waals surface area contributed by atoms with E-state index in [0.29, 0.717) is 25.3 Å². The monoisotopic (exact) mass is 348 g/mol.